The van der Waals surface area contributed by atoms with Crippen LogP contribution in [0.4, 0.5) is 0 Å². The smallest absolute Gasteiger partial charge is 0.245 e. The Labute approximate surface area is 185 Å². The first kappa shape index (κ1) is 24.4. The molecular weight excluding hydrogens is 390 g/mol. The molecule has 31 heavy (non-hydrogen) atoms. The molecule has 6 nitrogen and oxygen atoms in total. The van der Waals surface area contributed by atoms with Crippen molar-refractivity contribution in [3.05, 3.63) is 64.7 Å². The van der Waals surface area contributed by atoms with E-state index in [1.807, 2.05) is 39.0 Å². The lowest BCUT2D eigenvalue weighted by Crippen LogP contribution is -2.59. The summed E-state index contributed by atoms with van der Waals surface area (Å²) in [7, 11) is 0. The number of amides is 2. The van der Waals surface area contributed by atoms with E-state index in [4.69, 9.17) is 5.73 Å². The maximum absolute atomic E-state index is 12.8. The first-order chi connectivity index (χ1) is 14.7. The van der Waals surface area contributed by atoms with Gasteiger partial charge in [0.15, 0.2) is 0 Å². The average Bonchev–Trinajstić information content (AvgIpc) is 2.73. The molecule has 0 aliphatic rings. The van der Waals surface area contributed by atoms with Gasteiger partial charge in [-0.2, -0.15) is 0 Å². The highest BCUT2D eigenvalue weighted by Gasteiger charge is 2.34. The van der Waals surface area contributed by atoms with E-state index in [2.05, 4.69) is 22.8 Å². The zero-order valence-electron chi connectivity index (χ0n) is 19.0. The van der Waals surface area contributed by atoms with Crippen LogP contribution in [0.25, 0.3) is 0 Å². The molecule has 168 valence electrons. The van der Waals surface area contributed by atoms with Crippen molar-refractivity contribution >= 4 is 11.8 Å². The van der Waals surface area contributed by atoms with Crippen molar-refractivity contribution in [1.29, 1.82) is 0 Å². The predicted molar refractivity (Wildman–Crippen MR) is 124 cm³/mol. The van der Waals surface area contributed by atoms with E-state index in [-0.39, 0.29) is 17.6 Å². The Hall–Kier alpha value is -2.86. The van der Waals surface area contributed by atoms with Crippen molar-refractivity contribution in [3.63, 3.8) is 0 Å². The van der Waals surface area contributed by atoms with Crippen molar-refractivity contribution in [3.8, 4) is 5.75 Å². The number of hydrogen-bond donors (Lipinski definition) is 4. The van der Waals surface area contributed by atoms with Gasteiger partial charge in [0.2, 0.25) is 11.8 Å². The lowest BCUT2D eigenvalue weighted by molar-refractivity contribution is -0.133. The molecule has 0 fully saturated rings. The molecule has 0 aliphatic carbocycles. The Morgan fingerprint density at radius 1 is 1.13 bits per heavy atom. The molecule has 2 rings (SSSR count). The maximum Gasteiger partial charge on any atom is 0.245 e. The van der Waals surface area contributed by atoms with Crippen LogP contribution in [-0.2, 0) is 22.4 Å². The van der Waals surface area contributed by atoms with Crippen molar-refractivity contribution in [2.45, 2.75) is 65.0 Å². The van der Waals surface area contributed by atoms with Crippen LogP contribution >= 0.6 is 0 Å². The fourth-order valence-electron chi connectivity index (χ4n) is 3.61. The second kappa shape index (κ2) is 11.0. The number of hydrogen-bond acceptors (Lipinski definition) is 4. The summed E-state index contributed by atoms with van der Waals surface area (Å²) in [4.78, 5) is 25.5. The quantitative estimate of drug-likeness (QED) is 0.439. The molecule has 6 heteroatoms. The molecule has 0 aromatic heterocycles. The third-order valence-corrected chi connectivity index (χ3v) is 5.82. The number of nitrogens with two attached hydrogens (primary N) is 1. The summed E-state index contributed by atoms with van der Waals surface area (Å²) < 4.78 is 0. The summed E-state index contributed by atoms with van der Waals surface area (Å²) in [5, 5.41) is 15.5. The van der Waals surface area contributed by atoms with E-state index in [9.17, 15) is 14.7 Å². The van der Waals surface area contributed by atoms with Crippen LogP contribution in [0.15, 0.2) is 42.5 Å². The molecule has 0 unspecified atom stereocenters. The molecule has 0 bridgehead atoms. The number of phenols is 1. The highest BCUT2D eigenvalue weighted by Crippen LogP contribution is 2.22. The Balaban J connectivity index is 1.91. The molecule has 2 aromatic carbocycles. The van der Waals surface area contributed by atoms with Gasteiger partial charge in [0.1, 0.15) is 11.3 Å². The summed E-state index contributed by atoms with van der Waals surface area (Å²) >= 11 is 0. The number of aromatic hydroxyl groups is 1. The molecule has 0 saturated carbocycles. The van der Waals surface area contributed by atoms with Gasteiger partial charge in [0, 0.05) is 6.54 Å². The van der Waals surface area contributed by atoms with Crippen LogP contribution in [-0.4, -0.2) is 35.0 Å². The summed E-state index contributed by atoms with van der Waals surface area (Å²) in [6, 6.07) is 12.6. The monoisotopic (exact) mass is 425 g/mol. The van der Waals surface area contributed by atoms with Crippen molar-refractivity contribution in [2.75, 3.05) is 6.54 Å². The number of rotatable bonds is 10. The van der Waals surface area contributed by atoms with Crippen LogP contribution in [0.3, 0.4) is 0 Å². The molecule has 2 amide bonds. The molecule has 0 heterocycles. The van der Waals surface area contributed by atoms with Crippen LogP contribution < -0.4 is 16.4 Å². The number of phenolic OH excluding ortho intramolecular Hbond substituents is 1. The van der Waals surface area contributed by atoms with Gasteiger partial charge in [-0.3, -0.25) is 9.59 Å². The van der Waals surface area contributed by atoms with Gasteiger partial charge in [-0.05, 0) is 80.8 Å². The van der Waals surface area contributed by atoms with Gasteiger partial charge in [-0.25, -0.2) is 0 Å². The fourth-order valence-corrected chi connectivity index (χ4v) is 3.61. The van der Waals surface area contributed by atoms with Gasteiger partial charge < -0.3 is 21.5 Å². The van der Waals surface area contributed by atoms with Crippen molar-refractivity contribution < 1.29 is 14.7 Å². The standard InChI is InChI=1S/C25H35N3O3/c1-5-25(4,24(31)27-13-9-12-19-10-7-6-8-11-19)28-23(30)22(26)16-21-17(2)14-20(29)15-18(21)3/h6-8,10-11,14-15,22,29H,5,9,12-13,16,26H2,1-4H3,(H,27,31)(H,28,30)/t22-,25-/m0/s1. The number of carbonyl (C=O) groups is 2. The maximum atomic E-state index is 12.8. The largest absolute Gasteiger partial charge is 0.508 e. The minimum Gasteiger partial charge on any atom is -0.508 e. The van der Waals surface area contributed by atoms with Gasteiger partial charge >= 0.3 is 0 Å². The summed E-state index contributed by atoms with van der Waals surface area (Å²) in [5.41, 5.74) is 9.07. The predicted octanol–water partition coefficient (Wildman–Crippen LogP) is 2.91. The molecule has 2 atom stereocenters. The Bertz CT molecular complexity index is 875. The number of aryl methyl sites for hydroxylation is 3. The molecule has 5 N–H and O–H groups in total. The van der Waals surface area contributed by atoms with Gasteiger partial charge in [0.25, 0.3) is 0 Å². The lowest BCUT2D eigenvalue weighted by atomic mass is 9.93. The molecule has 0 radical (unpaired) electrons. The molecule has 0 aliphatic heterocycles. The van der Waals surface area contributed by atoms with E-state index in [0.717, 1.165) is 29.5 Å². The zero-order chi connectivity index (χ0) is 23.0. The van der Waals surface area contributed by atoms with Gasteiger partial charge in [-0.1, -0.05) is 37.3 Å². The second-order valence-electron chi connectivity index (χ2n) is 8.39. The van der Waals surface area contributed by atoms with Gasteiger partial charge in [-0.15, -0.1) is 0 Å². The summed E-state index contributed by atoms with van der Waals surface area (Å²) in [6.07, 6.45) is 2.49. The highest BCUT2D eigenvalue weighted by atomic mass is 16.3. The van der Waals surface area contributed by atoms with Crippen LogP contribution in [0.2, 0.25) is 0 Å². The molecular formula is C25H35N3O3. The lowest BCUT2D eigenvalue weighted by Gasteiger charge is -2.30. The van der Waals surface area contributed by atoms with E-state index in [1.54, 1.807) is 19.1 Å². The summed E-state index contributed by atoms with van der Waals surface area (Å²) in [6.45, 7) is 7.89. The molecule has 0 spiro atoms. The number of nitrogens with one attached hydrogen (secondary N) is 2. The van der Waals surface area contributed by atoms with Crippen molar-refractivity contribution in [1.82, 2.24) is 10.6 Å². The Morgan fingerprint density at radius 2 is 1.74 bits per heavy atom. The Kier molecular flexibility index (Phi) is 8.63. The third kappa shape index (κ3) is 6.82. The van der Waals surface area contributed by atoms with Gasteiger partial charge in [0.05, 0.1) is 6.04 Å². The number of carbonyl (C=O) groups excluding carboxylic acids is 2. The van der Waals surface area contributed by atoms with Crippen molar-refractivity contribution in [2.24, 2.45) is 5.73 Å². The average molecular weight is 426 g/mol. The van der Waals surface area contributed by atoms with Crippen LogP contribution in [0.5, 0.6) is 5.75 Å². The van der Waals surface area contributed by atoms with E-state index >= 15 is 0 Å². The third-order valence-electron chi connectivity index (χ3n) is 5.82. The number of benzene rings is 2. The molecule has 2 aromatic rings. The summed E-state index contributed by atoms with van der Waals surface area (Å²) in [5.74, 6) is -0.379. The Morgan fingerprint density at radius 3 is 2.32 bits per heavy atom. The fraction of sp³-hybridized carbons (Fsp3) is 0.440. The minimum atomic E-state index is -1.03. The highest BCUT2D eigenvalue weighted by molar-refractivity contribution is 5.92. The molecule has 0 saturated heterocycles. The first-order valence-electron chi connectivity index (χ1n) is 10.8. The van der Waals surface area contributed by atoms with Crippen LogP contribution in [0, 0.1) is 13.8 Å². The van der Waals surface area contributed by atoms with E-state index < -0.39 is 11.6 Å². The SMILES string of the molecule is CC[C@](C)(NC(=O)[C@@H](N)Cc1c(C)cc(O)cc1C)C(=O)NCCCc1ccccc1. The topological polar surface area (TPSA) is 104 Å². The minimum absolute atomic E-state index is 0.194. The zero-order valence-corrected chi connectivity index (χ0v) is 19.0. The van der Waals surface area contributed by atoms with E-state index in [1.165, 1.54) is 5.56 Å². The first-order valence-corrected chi connectivity index (χ1v) is 10.8. The normalized spacial score (nSPS) is 13.8. The second-order valence-corrected chi connectivity index (χ2v) is 8.39. The van der Waals surface area contributed by atoms with E-state index in [0.29, 0.717) is 19.4 Å². The van der Waals surface area contributed by atoms with Crippen LogP contribution in [0.1, 0.15) is 48.9 Å².